The van der Waals surface area contributed by atoms with Crippen LogP contribution in [0.2, 0.25) is 0 Å². The number of ketones is 1. The van der Waals surface area contributed by atoms with Gasteiger partial charge in [-0.05, 0) is 69.0 Å². The lowest BCUT2D eigenvalue weighted by molar-refractivity contribution is 0.0975. The van der Waals surface area contributed by atoms with Gasteiger partial charge in [-0.25, -0.2) is 8.78 Å². The summed E-state index contributed by atoms with van der Waals surface area (Å²) in [5.41, 5.74) is 1.65. The molecule has 5 heteroatoms. The number of hydrogen-bond acceptors (Lipinski definition) is 3. The van der Waals surface area contributed by atoms with Crippen molar-refractivity contribution in [1.82, 2.24) is 9.80 Å². The second kappa shape index (κ2) is 10.1. The molecule has 0 heterocycles. The summed E-state index contributed by atoms with van der Waals surface area (Å²) in [4.78, 5) is 16.4. The van der Waals surface area contributed by atoms with Crippen LogP contribution in [0, 0.1) is 11.6 Å². The number of benzene rings is 2. The van der Waals surface area contributed by atoms with Crippen molar-refractivity contribution in [3.63, 3.8) is 0 Å². The number of likely N-dealkylation sites (N-methyl/N-ethyl adjacent to an activating group) is 2. The van der Waals surface area contributed by atoms with Crippen LogP contribution in [0.5, 0.6) is 0 Å². The van der Waals surface area contributed by atoms with Crippen LogP contribution in [-0.2, 0) is 6.54 Å². The lowest BCUT2D eigenvalue weighted by Gasteiger charge is -2.22. The van der Waals surface area contributed by atoms with Crippen LogP contribution in [0.4, 0.5) is 8.78 Å². The highest BCUT2D eigenvalue weighted by atomic mass is 19.1. The van der Waals surface area contributed by atoms with Crippen molar-refractivity contribution in [3.8, 4) is 0 Å². The molecule has 2 aromatic rings. The summed E-state index contributed by atoms with van der Waals surface area (Å²) in [5, 5.41) is 0. The molecule has 2 aromatic carbocycles. The summed E-state index contributed by atoms with van der Waals surface area (Å²) in [6.07, 6.45) is 1.23. The average molecular weight is 360 g/mol. The van der Waals surface area contributed by atoms with E-state index in [0.29, 0.717) is 12.0 Å². The van der Waals surface area contributed by atoms with Gasteiger partial charge in [0.15, 0.2) is 5.78 Å². The number of carbonyl (C=O) groups excluding carboxylic acids is 1. The predicted octanol–water partition coefficient (Wildman–Crippen LogP) is 3.99. The van der Waals surface area contributed by atoms with Gasteiger partial charge in [0.25, 0.3) is 0 Å². The molecule has 0 saturated carbocycles. The zero-order valence-corrected chi connectivity index (χ0v) is 15.4. The Morgan fingerprint density at radius 1 is 0.808 bits per heavy atom. The van der Waals surface area contributed by atoms with E-state index >= 15 is 0 Å². The fourth-order valence-electron chi connectivity index (χ4n) is 2.72. The highest BCUT2D eigenvalue weighted by molar-refractivity contribution is 5.95. The highest BCUT2D eigenvalue weighted by Crippen LogP contribution is 2.08. The third kappa shape index (κ3) is 7.02. The summed E-state index contributed by atoms with van der Waals surface area (Å²) in [6.45, 7) is 3.39. The Labute approximate surface area is 154 Å². The summed E-state index contributed by atoms with van der Waals surface area (Å²) in [7, 11) is 4.07. The second-order valence-corrected chi connectivity index (χ2v) is 6.70. The molecule has 0 aliphatic rings. The molecule has 0 bridgehead atoms. The minimum absolute atomic E-state index is 0.0480. The van der Waals surface area contributed by atoms with Crippen molar-refractivity contribution in [2.75, 3.05) is 33.7 Å². The Morgan fingerprint density at radius 2 is 1.35 bits per heavy atom. The SMILES string of the molecule is CN(CCCC(=O)c1ccc(F)cc1)CCN(C)Cc1ccc(F)cc1. The third-order valence-electron chi connectivity index (χ3n) is 4.34. The summed E-state index contributed by atoms with van der Waals surface area (Å²) in [6, 6.07) is 12.3. The molecule has 26 heavy (non-hydrogen) atoms. The smallest absolute Gasteiger partial charge is 0.162 e. The molecule has 140 valence electrons. The zero-order chi connectivity index (χ0) is 18.9. The Kier molecular flexibility index (Phi) is 7.88. The Balaban J connectivity index is 1.63. The predicted molar refractivity (Wildman–Crippen MR) is 100 cm³/mol. The van der Waals surface area contributed by atoms with E-state index in [1.807, 2.05) is 14.1 Å². The van der Waals surface area contributed by atoms with Crippen LogP contribution in [0.1, 0.15) is 28.8 Å². The van der Waals surface area contributed by atoms with Gasteiger partial charge in [-0.1, -0.05) is 12.1 Å². The van der Waals surface area contributed by atoms with E-state index in [9.17, 15) is 13.6 Å². The molecule has 0 atom stereocenters. The van der Waals surface area contributed by atoms with Crippen LogP contribution >= 0.6 is 0 Å². The minimum Gasteiger partial charge on any atom is -0.305 e. The van der Waals surface area contributed by atoms with Gasteiger partial charge >= 0.3 is 0 Å². The first-order valence-electron chi connectivity index (χ1n) is 8.84. The molecule has 0 amide bonds. The van der Waals surface area contributed by atoms with E-state index in [2.05, 4.69) is 9.80 Å². The Bertz CT molecular complexity index is 686. The van der Waals surface area contributed by atoms with Gasteiger partial charge in [-0.15, -0.1) is 0 Å². The third-order valence-corrected chi connectivity index (χ3v) is 4.34. The highest BCUT2D eigenvalue weighted by Gasteiger charge is 2.08. The maximum Gasteiger partial charge on any atom is 0.162 e. The van der Waals surface area contributed by atoms with Gasteiger partial charge in [0, 0.05) is 31.6 Å². The molecule has 3 nitrogen and oxygen atoms in total. The van der Waals surface area contributed by atoms with Crippen LogP contribution in [0.15, 0.2) is 48.5 Å². The average Bonchev–Trinajstić information content (AvgIpc) is 2.62. The van der Waals surface area contributed by atoms with Gasteiger partial charge in [0.1, 0.15) is 11.6 Å². The molecular weight excluding hydrogens is 334 g/mol. The lowest BCUT2D eigenvalue weighted by Crippen LogP contribution is -2.31. The van der Waals surface area contributed by atoms with E-state index in [-0.39, 0.29) is 17.4 Å². The maximum atomic E-state index is 12.9. The van der Waals surface area contributed by atoms with Crippen molar-refractivity contribution in [2.24, 2.45) is 0 Å². The van der Waals surface area contributed by atoms with E-state index in [0.717, 1.165) is 38.2 Å². The second-order valence-electron chi connectivity index (χ2n) is 6.70. The van der Waals surface area contributed by atoms with Crippen molar-refractivity contribution in [3.05, 3.63) is 71.3 Å². The zero-order valence-electron chi connectivity index (χ0n) is 15.4. The van der Waals surface area contributed by atoms with Gasteiger partial charge in [-0.2, -0.15) is 0 Å². The Morgan fingerprint density at radius 3 is 1.96 bits per heavy atom. The fraction of sp³-hybridized carbons (Fsp3) is 0.381. The number of rotatable bonds is 10. The summed E-state index contributed by atoms with van der Waals surface area (Å²) >= 11 is 0. The van der Waals surface area contributed by atoms with E-state index in [1.54, 1.807) is 12.1 Å². The molecule has 2 rings (SSSR count). The first kappa shape index (κ1) is 20.2. The van der Waals surface area contributed by atoms with Gasteiger partial charge in [-0.3, -0.25) is 4.79 Å². The monoisotopic (exact) mass is 360 g/mol. The van der Waals surface area contributed by atoms with Gasteiger partial charge in [0.05, 0.1) is 0 Å². The van der Waals surface area contributed by atoms with Crippen molar-refractivity contribution in [2.45, 2.75) is 19.4 Å². The van der Waals surface area contributed by atoms with Crippen LogP contribution in [0.3, 0.4) is 0 Å². The van der Waals surface area contributed by atoms with Crippen molar-refractivity contribution < 1.29 is 13.6 Å². The van der Waals surface area contributed by atoms with Crippen LogP contribution in [-0.4, -0.2) is 49.3 Å². The molecule has 0 spiro atoms. The normalized spacial score (nSPS) is 11.3. The number of nitrogens with zero attached hydrogens (tertiary/aromatic N) is 2. The molecule has 0 fully saturated rings. The minimum atomic E-state index is -0.328. The maximum absolute atomic E-state index is 12.9. The van der Waals surface area contributed by atoms with Gasteiger partial charge < -0.3 is 9.80 Å². The van der Waals surface area contributed by atoms with Crippen LogP contribution in [0.25, 0.3) is 0 Å². The summed E-state index contributed by atoms with van der Waals surface area (Å²) < 4.78 is 25.8. The molecule has 0 aliphatic carbocycles. The van der Waals surface area contributed by atoms with Gasteiger partial charge in [0.2, 0.25) is 0 Å². The van der Waals surface area contributed by atoms with E-state index in [4.69, 9.17) is 0 Å². The molecule has 0 aliphatic heterocycles. The quantitative estimate of drug-likeness (QED) is 0.599. The number of Topliss-reactive ketones (excluding diaryl/α,β-unsaturated/α-hetero) is 1. The first-order chi connectivity index (χ1) is 12.4. The van der Waals surface area contributed by atoms with Crippen molar-refractivity contribution in [1.29, 1.82) is 0 Å². The van der Waals surface area contributed by atoms with E-state index < -0.39 is 0 Å². The molecule has 0 N–H and O–H groups in total. The molecule has 0 unspecified atom stereocenters. The molecule has 0 aromatic heterocycles. The molecular formula is C21H26F2N2O. The lowest BCUT2D eigenvalue weighted by atomic mass is 10.1. The topological polar surface area (TPSA) is 23.6 Å². The molecule has 0 radical (unpaired) electrons. The Hall–Kier alpha value is -2.11. The standard InChI is InChI=1S/C21H26F2N2O/c1-24(13-3-4-21(26)18-7-11-20(23)12-8-18)14-15-25(2)16-17-5-9-19(22)10-6-17/h5-12H,3-4,13-16H2,1-2H3. The molecule has 0 saturated heterocycles. The van der Waals surface area contributed by atoms with E-state index in [1.165, 1.54) is 36.4 Å². The number of hydrogen-bond donors (Lipinski definition) is 0. The van der Waals surface area contributed by atoms with Crippen LogP contribution < -0.4 is 0 Å². The van der Waals surface area contributed by atoms with Crippen molar-refractivity contribution >= 4 is 5.78 Å². The first-order valence-corrected chi connectivity index (χ1v) is 8.84. The number of halogens is 2. The number of carbonyl (C=O) groups is 1. The fourth-order valence-corrected chi connectivity index (χ4v) is 2.72. The largest absolute Gasteiger partial charge is 0.305 e. The summed E-state index contributed by atoms with van der Waals surface area (Å²) in [5.74, 6) is -0.496.